The second-order valence-corrected chi connectivity index (χ2v) is 7.59. The normalized spacial score (nSPS) is 10.9. The monoisotopic (exact) mass is 366 g/mol. The van der Waals surface area contributed by atoms with Crippen molar-refractivity contribution in [2.45, 2.75) is 0 Å². The molecule has 0 saturated carbocycles. The molecule has 0 N–H and O–H groups in total. The first-order valence-electron chi connectivity index (χ1n) is 9.62. The zero-order valence-electron chi connectivity index (χ0n) is 17.0. The van der Waals surface area contributed by atoms with Gasteiger partial charge in [-0.1, -0.05) is 60.7 Å². The summed E-state index contributed by atoms with van der Waals surface area (Å²) in [7, 11) is 8.28. The zero-order chi connectivity index (χ0) is 19.7. The van der Waals surface area contributed by atoms with Crippen molar-refractivity contribution >= 4 is 11.4 Å². The lowest BCUT2D eigenvalue weighted by atomic mass is 9.95. The van der Waals surface area contributed by atoms with Crippen LogP contribution < -0.4 is 9.80 Å². The van der Waals surface area contributed by atoms with Gasteiger partial charge in [-0.3, -0.25) is 0 Å². The van der Waals surface area contributed by atoms with Gasteiger partial charge in [-0.05, 0) is 57.6 Å². The molecule has 2 aliphatic rings. The Morgan fingerprint density at radius 3 is 1.04 bits per heavy atom. The van der Waals surface area contributed by atoms with E-state index in [4.69, 9.17) is 0 Å². The molecule has 0 radical (unpaired) electrons. The summed E-state index contributed by atoms with van der Waals surface area (Å²) < 4.78 is 0. The van der Waals surface area contributed by atoms with Crippen LogP contribution in [0.25, 0.3) is 33.4 Å². The van der Waals surface area contributed by atoms with E-state index >= 15 is 0 Å². The lowest BCUT2D eigenvalue weighted by Crippen LogP contribution is -2.07. The van der Waals surface area contributed by atoms with Gasteiger partial charge in [0.2, 0.25) is 0 Å². The van der Waals surface area contributed by atoms with Gasteiger partial charge in [0.1, 0.15) is 0 Å². The van der Waals surface area contributed by atoms with Crippen molar-refractivity contribution in [3.8, 4) is 33.4 Å². The molecule has 2 heteroatoms. The van der Waals surface area contributed by atoms with Gasteiger partial charge < -0.3 is 9.80 Å². The third kappa shape index (κ3) is 3.34. The molecule has 2 aliphatic carbocycles. The molecule has 0 spiro atoms. The Labute approximate surface area is 168 Å². The van der Waals surface area contributed by atoms with Crippen LogP contribution in [0.3, 0.4) is 0 Å². The van der Waals surface area contributed by atoms with E-state index in [2.05, 4.69) is 123 Å². The Morgan fingerprint density at radius 1 is 0.393 bits per heavy atom. The summed E-state index contributed by atoms with van der Waals surface area (Å²) in [6, 6.07) is 30.8. The number of hydrogen-bond acceptors (Lipinski definition) is 2. The third-order valence-electron chi connectivity index (χ3n) is 5.31. The van der Waals surface area contributed by atoms with Gasteiger partial charge in [0.15, 0.2) is 0 Å². The molecule has 0 saturated heterocycles. The lowest BCUT2D eigenvalue weighted by molar-refractivity contribution is 1.13. The van der Waals surface area contributed by atoms with Gasteiger partial charge in [-0.15, -0.1) is 0 Å². The van der Waals surface area contributed by atoms with Crippen molar-refractivity contribution in [2.24, 2.45) is 0 Å². The molecule has 0 fully saturated rings. The fourth-order valence-electron chi connectivity index (χ4n) is 3.69. The van der Waals surface area contributed by atoms with Crippen LogP contribution in [0.2, 0.25) is 0 Å². The molecule has 0 atom stereocenters. The summed E-state index contributed by atoms with van der Waals surface area (Å²) in [4.78, 5) is 4.25. The van der Waals surface area contributed by atoms with Gasteiger partial charge in [0.05, 0.1) is 0 Å². The number of benzene rings is 2. The highest BCUT2D eigenvalue weighted by molar-refractivity contribution is 5.93. The summed E-state index contributed by atoms with van der Waals surface area (Å²) in [5.41, 5.74) is 10.0. The topological polar surface area (TPSA) is 6.48 Å². The highest BCUT2D eigenvalue weighted by Crippen LogP contribution is 2.40. The Hall–Kier alpha value is -3.26. The largest absolute Gasteiger partial charge is 0.378 e. The molecule has 28 heavy (non-hydrogen) atoms. The highest BCUT2D eigenvalue weighted by Gasteiger charge is 2.14. The second-order valence-electron chi connectivity index (χ2n) is 7.59. The Balaban J connectivity index is 1.78. The second kappa shape index (κ2) is 7.40. The minimum Gasteiger partial charge on any atom is -0.378 e. The van der Waals surface area contributed by atoms with Crippen molar-refractivity contribution in [1.82, 2.24) is 0 Å². The summed E-state index contributed by atoms with van der Waals surface area (Å²) in [6.45, 7) is 0. The molecule has 140 valence electrons. The summed E-state index contributed by atoms with van der Waals surface area (Å²) in [6.07, 6.45) is 0. The van der Waals surface area contributed by atoms with E-state index in [0.29, 0.717) is 0 Å². The van der Waals surface area contributed by atoms with Crippen LogP contribution in [0.5, 0.6) is 0 Å². The summed E-state index contributed by atoms with van der Waals surface area (Å²) in [5.74, 6) is 0. The van der Waals surface area contributed by atoms with E-state index in [9.17, 15) is 0 Å². The maximum absolute atomic E-state index is 2.23. The van der Waals surface area contributed by atoms with Gasteiger partial charge in [-0.2, -0.15) is 0 Å². The van der Waals surface area contributed by atoms with Crippen LogP contribution in [0.4, 0.5) is 11.4 Å². The molecule has 0 aromatic heterocycles. The number of hydrogen-bond donors (Lipinski definition) is 0. The molecule has 4 rings (SSSR count). The molecular formula is C26H26N2. The van der Waals surface area contributed by atoms with Gasteiger partial charge >= 0.3 is 0 Å². The quantitative estimate of drug-likeness (QED) is 0.421. The number of anilines is 2. The summed E-state index contributed by atoms with van der Waals surface area (Å²) >= 11 is 0. The molecular weight excluding hydrogens is 340 g/mol. The molecule has 0 amide bonds. The fraction of sp³-hybridized carbons (Fsp3) is 0.154. The highest BCUT2D eigenvalue weighted by atomic mass is 15.1. The molecule has 2 aromatic rings. The molecule has 2 aromatic carbocycles. The number of fused-ring (bicyclic) bond motifs is 1. The Morgan fingerprint density at radius 2 is 0.714 bits per heavy atom. The van der Waals surface area contributed by atoms with E-state index in [1.165, 1.54) is 44.8 Å². The lowest BCUT2D eigenvalue weighted by Gasteiger charge is -2.14. The Kier molecular flexibility index (Phi) is 4.79. The smallest absolute Gasteiger partial charge is 0.0361 e. The van der Waals surface area contributed by atoms with Gasteiger partial charge in [-0.25, -0.2) is 0 Å². The zero-order valence-corrected chi connectivity index (χ0v) is 17.0. The standard InChI is InChI=1S/C26H26N2/c1-27(2)21-15-11-19(12-16-21)23-7-5-8-24(26-10-6-9-25(23)26)20-13-17-22(18-14-20)28(3)4/h5-18H,1-4H3. The van der Waals surface area contributed by atoms with E-state index in [1.54, 1.807) is 0 Å². The molecule has 0 aliphatic heterocycles. The van der Waals surface area contributed by atoms with Crippen molar-refractivity contribution in [3.05, 3.63) is 84.9 Å². The van der Waals surface area contributed by atoms with Crippen molar-refractivity contribution in [3.63, 3.8) is 0 Å². The first kappa shape index (κ1) is 18.1. The predicted octanol–water partition coefficient (Wildman–Crippen LogP) is 6.26. The third-order valence-corrected chi connectivity index (χ3v) is 5.31. The maximum atomic E-state index is 2.23. The van der Waals surface area contributed by atoms with Crippen LogP contribution in [0, 0.1) is 0 Å². The minimum atomic E-state index is 1.21. The van der Waals surface area contributed by atoms with Crippen molar-refractivity contribution in [1.29, 1.82) is 0 Å². The fourth-order valence-corrected chi connectivity index (χ4v) is 3.69. The van der Waals surface area contributed by atoms with Crippen LogP contribution >= 0.6 is 0 Å². The average Bonchev–Trinajstić information content (AvgIpc) is 3.10. The van der Waals surface area contributed by atoms with E-state index in [0.717, 1.165) is 0 Å². The van der Waals surface area contributed by atoms with Gasteiger partial charge in [0.25, 0.3) is 0 Å². The average molecular weight is 367 g/mol. The molecule has 0 heterocycles. The Bertz CT molecular complexity index is 961. The van der Waals surface area contributed by atoms with E-state index in [1.807, 2.05) is 0 Å². The van der Waals surface area contributed by atoms with Crippen molar-refractivity contribution in [2.75, 3.05) is 38.0 Å². The van der Waals surface area contributed by atoms with Crippen molar-refractivity contribution < 1.29 is 0 Å². The van der Waals surface area contributed by atoms with E-state index < -0.39 is 0 Å². The van der Waals surface area contributed by atoms with Gasteiger partial charge in [0, 0.05) is 39.6 Å². The molecule has 0 unspecified atom stereocenters. The first-order chi connectivity index (χ1) is 13.5. The minimum absolute atomic E-state index is 1.21. The van der Waals surface area contributed by atoms with E-state index in [-0.39, 0.29) is 0 Å². The molecule has 2 nitrogen and oxygen atoms in total. The van der Waals surface area contributed by atoms with Crippen LogP contribution in [-0.4, -0.2) is 28.2 Å². The first-order valence-corrected chi connectivity index (χ1v) is 9.62. The SMILES string of the molecule is CN(C)c1ccc(-c2cccc(-c3ccc(N(C)C)cc3)c3cccc2-3)cc1. The molecule has 0 bridgehead atoms. The summed E-state index contributed by atoms with van der Waals surface area (Å²) in [5, 5.41) is 0. The van der Waals surface area contributed by atoms with Crippen LogP contribution in [0.15, 0.2) is 84.9 Å². The van der Waals surface area contributed by atoms with Crippen LogP contribution in [-0.2, 0) is 0 Å². The predicted molar refractivity (Wildman–Crippen MR) is 123 cm³/mol. The maximum Gasteiger partial charge on any atom is 0.0361 e. The number of rotatable bonds is 4. The number of nitrogens with zero attached hydrogens (tertiary/aromatic N) is 2. The van der Waals surface area contributed by atoms with Crippen LogP contribution in [0.1, 0.15) is 0 Å².